The minimum Gasteiger partial charge on any atom is -0.475 e. The molecule has 0 fully saturated rings. The number of halogens is 1. The summed E-state index contributed by atoms with van der Waals surface area (Å²) < 4.78 is 10.4. The van der Waals surface area contributed by atoms with E-state index in [9.17, 15) is 0 Å². The molecule has 6 nitrogen and oxygen atoms in total. The quantitative estimate of drug-likeness (QED) is 0.220. The average molecular weight is 512 g/mol. The number of rotatable bonds is 10. The van der Waals surface area contributed by atoms with Crippen molar-refractivity contribution in [1.82, 2.24) is 15.6 Å². The van der Waals surface area contributed by atoms with Gasteiger partial charge in [-0.2, -0.15) is 0 Å². The van der Waals surface area contributed by atoms with Crippen LogP contribution in [0.2, 0.25) is 0 Å². The minimum atomic E-state index is 0. The molecule has 7 heteroatoms. The summed E-state index contributed by atoms with van der Waals surface area (Å²) in [5, 5.41) is 6.69. The molecule has 0 aliphatic heterocycles. The number of guanidine groups is 1. The number of nitrogens with zero attached hydrogens (tertiary/aromatic N) is 2. The van der Waals surface area contributed by atoms with E-state index in [4.69, 9.17) is 9.47 Å². The summed E-state index contributed by atoms with van der Waals surface area (Å²) in [5.41, 5.74) is 4.98. The molecular weight excluding hydrogens is 479 g/mol. The van der Waals surface area contributed by atoms with Gasteiger partial charge in [0.05, 0.1) is 13.2 Å². The largest absolute Gasteiger partial charge is 0.475 e. The van der Waals surface area contributed by atoms with Gasteiger partial charge in [0, 0.05) is 32.5 Å². The number of hydrogen-bond acceptors (Lipinski definition) is 4. The van der Waals surface area contributed by atoms with Crippen LogP contribution in [-0.2, 0) is 17.7 Å². The number of nitrogens with one attached hydrogen (secondary N) is 2. The zero-order valence-corrected chi connectivity index (χ0v) is 20.2. The van der Waals surface area contributed by atoms with Crippen LogP contribution in [0.5, 0.6) is 5.88 Å². The van der Waals surface area contributed by atoms with Crippen molar-refractivity contribution in [3.63, 3.8) is 0 Å². The van der Waals surface area contributed by atoms with Gasteiger partial charge in [0.25, 0.3) is 0 Å². The Labute approximate surface area is 191 Å². The first-order valence-corrected chi connectivity index (χ1v) is 9.76. The molecule has 0 radical (unpaired) electrons. The molecule has 0 bridgehead atoms. The SMILES string of the molecule is CCNC(=NCc1ccc(OCCOC)nc1)NCCc1cc(C)cc(C)c1.I. The number of ether oxygens (including phenoxy) is 2. The van der Waals surface area contributed by atoms with E-state index in [1.165, 1.54) is 16.7 Å². The zero-order chi connectivity index (χ0) is 20.2. The molecule has 2 rings (SSSR count). The van der Waals surface area contributed by atoms with Crippen LogP contribution < -0.4 is 15.4 Å². The monoisotopic (exact) mass is 512 g/mol. The lowest BCUT2D eigenvalue weighted by Crippen LogP contribution is -2.38. The fraction of sp³-hybridized carbons (Fsp3) is 0.455. The molecule has 1 aromatic carbocycles. The third-order valence-corrected chi connectivity index (χ3v) is 4.09. The van der Waals surface area contributed by atoms with Gasteiger partial charge < -0.3 is 20.1 Å². The predicted octanol–water partition coefficient (Wildman–Crippen LogP) is 3.64. The Morgan fingerprint density at radius 3 is 2.41 bits per heavy atom. The topological polar surface area (TPSA) is 67.8 Å². The number of aryl methyl sites for hydroxylation is 2. The smallest absolute Gasteiger partial charge is 0.213 e. The Morgan fingerprint density at radius 1 is 1.03 bits per heavy atom. The molecule has 0 unspecified atom stereocenters. The lowest BCUT2D eigenvalue weighted by molar-refractivity contribution is 0.143. The standard InChI is InChI=1S/C22H32N4O2.HI/c1-5-23-22(24-9-8-19-13-17(2)12-18(3)14-19)26-16-20-6-7-21(25-15-20)28-11-10-27-4;/h6-7,12-15H,5,8-11,16H2,1-4H3,(H2,23,24,26);1H. The van der Waals surface area contributed by atoms with Crippen molar-refractivity contribution in [2.45, 2.75) is 33.7 Å². The van der Waals surface area contributed by atoms with Gasteiger partial charge in [-0.25, -0.2) is 9.98 Å². The van der Waals surface area contributed by atoms with E-state index in [2.05, 4.69) is 59.6 Å². The van der Waals surface area contributed by atoms with Crippen molar-refractivity contribution in [3.05, 3.63) is 58.8 Å². The van der Waals surface area contributed by atoms with Gasteiger partial charge >= 0.3 is 0 Å². The number of methoxy groups -OCH3 is 1. The summed E-state index contributed by atoms with van der Waals surface area (Å²) >= 11 is 0. The maximum Gasteiger partial charge on any atom is 0.213 e. The predicted molar refractivity (Wildman–Crippen MR) is 129 cm³/mol. The first kappa shape index (κ1) is 25.2. The highest BCUT2D eigenvalue weighted by Gasteiger charge is 2.01. The maximum absolute atomic E-state index is 5.48. The van der Waals surface area contributed by atoms with Crippen LogP contribution in [0.25, 0.3) is 0 Å². The molecule has 0 aliphatic carbocycles. The summed E-state index contributed by atoms with van der Waals surface area (Å²) in [6, 6.07) is 10.5. The van der Waals surface area contributed by atoms with Crippen LogP contribution >= 0.6 is 24.0 Å². The van der Waals surface area contributed by atoms with Crippen LogP contribution in [0.15, 0.2) is 41.5 Å². The van der Waals surface area contributed by atoms with Crippen molar-refractivity contribution in [1.29, 1.82) is 0 Å². The van der Waals surface area contributed by atoms with Gasteiger partial charge in [-0.1, -0.05) is 35.4 Å². The molecule has 29 heavy (non-hydrogen) atoms. The average Bonchev–Trinajstić information content (AvgIpc) is 2.66. The maximum atomic E-state index is 5.48. The van der Waals surface area contributed by atoms with E-state index in [-0.39, 0.29) is 24.0 Å². The number of hydrogen-bond donors (Lipinski definition) is 2. The van der Waals surface area contributed by atoms with Crippen molar-refractivity contribution in [3.8, 4) is 5.88 Å². The van der Waals surface area contributed by atoms with Crippen LogP contribution in [0.3, 0.4) is 0 Å². The first-order valence-electron chi connectivity index (χ1n) is 9.76. The fourth-order valence-electron chi connectivity index (χ4n) is 2.87. The Hall–Kier alpha value is -1.87. The fourth-order valence-corrected chi connectivity index (χ4v) is 2.87. The van der Waals surface area contributed by atoms with E-state index < -0.39 is 0 Å². The number of aromatic nitrogens is 1. The van der Waals surface area contributed by atoms with Crippen LogP contribution in [0, 0.1) is 13.8 Å². The summed E-state index contributed by atoms with van der Waals surface area (Å²) in [7, 11) is 1.65. The number of pyridine rings is 1. The number of benzene rings is 1. The first-order chi connectivity index (χ1) is 13.6. The third-order valence-electron chi connectivity index (χ3n) is 4.09. The molecule has 1 heterocycles. The highest BCUT2D eigenvalue weighted by Crippen LogP contribution is 2.10. The second kappa shape index (κ2) is 14.2. The molecule has 0 saturated carbocycles. The van der Waals surface area contributed by atoms with Crippen LogP contribution in [0.1, 0.15) is 29.2 Å². The molecule has 2 N–H and O–H groups in total. The third kappa shape index (κ3) is 9.94. The molecule has 0 amide bonds. The van der Waals surface area contributed by atoms with E-state index in [0.717, 1.165) is 31.0 Å². The van der Waals surface area contributed by atoms with E-state index >= 15 is 0 Å². The summed E-state index contributed by atoms with van der Waals surface area (Å²) in [6.45, 7) is 9.59. The van der Waals surface area contributed by atoms with E-state index in [1.54, 1.807) is 13.3 Å². The van der Waals surface area contributed by atoms with E-state index in [1.807, 2.05) is 12.1 Å². The van der Waals surface area contributed by atoms with Crippen molar-refractivity contribution in [2.75, 3.05) is 33.4 Å². The minimum absolute atomic E-state index is 0. The molecular formula is C22H33IN4O2. The van der Waals surface area contributed by atoms with Crippen molar-refractivity contribution in [2.24, 2.45) is 4.99 Å². The molecule has 2 aromatic rings. The number of aliphatic imine (C=N–C) groups is 1. The highest BCUT2D eigenvalue weighted by molar-refractivity contribution is 14.0. The molecule has 0 spiro atoms. The highest BCUT2D eigenvalue weighted by atomic mass is 127. The van der Waals surface area contributed by atoms with Crippen molar-refractivity contribution >= 4 is 29.9 Å². The molecule has 0 saturated heterocycles. The second-order valence-electron chi connectivity index (χ2n) is 6.71. The van der Waals surface area contributed by atoms with Crippen LogP contribution in [-0.4, -0.2) is 44.4 Å². The van der Waals surface area contributed by atoms with Crippen molar-refractivity contribution < 1.29 is 9.47 Å². The van der Waals surface area contributed by atoms with Gasteiger partial charge in [-0.15, -0.1) is 24.0 Å². The Morgan fingerprint density at radius 2 is 1.79 bits per heavy atom. The Bertz CT molecular complexity index is 731. The zero-order valence-electron chi connectivity index (χ0n) is 17.8. The molecule has 0 aliphatic rings. The lowest BCUT2D eigenvalue weighted by atomic mass is 10.1. The van der Waals surface area contributed by atoms with Gasteiger partial charge in [0.2, 0.25) is 5.88 Å². The molecule has 0 atom stereocenters. The van der Waals surface area contributed by atoms with Gasteiger partial charge in [0.1, 0.15) is 6.61 Å². The van der Waals surface area contributed by atoms with Crippen LogP contribution in [0.4, 0.5) is 0 Å². The summed E-state index contributed by atoms with van der Waals surface area (Å²) in [6.07, 6.45) is 2.76. The summed E-state index contributed by atoms with van der Waals surface area (Å²) in [4.78, 5) is 8.95. The normalized spacial score (nSPS) is 11.0. The Balaban J connectivity index is 0.00000420. The van der Waals surface area contributed by atoms with Gasteiger partial charge in [-0.3, -0.25) is 0 Å². The van der Waals surface area contributed by atoms with E-state index in [0.29, 0.717) is 25.6 Å². The second-order valence-corrected chi connectivity index (χ2v) is 6.71. The molecule has 1 aromatic heterocycles. The Kier molecular flexibility index (Phi) is 12.3. The summed E-state index contributed by atoms with van der Waals surface area (Å²) in [5.74, 6) is 1.41. The van der Waals surface area contributed by atoms with Gasteiger partial charge in [-0.05, 0) is 38.3 Å². The van der Waals surface area contributed by atoms with Gasteiger partial charge in [0.15, 0.2) is 5.96 Å². The lowest BCUT2D eigenvalue weighted by Gasteiger charge is -2.12. The molecule has 160 valence electrons.